The molecule has 1 aromatic rings. The van der Waals surface area contributed by atoms with Crippen molar-refractivity contribution < 1.29 is 9.59 Å². The van der Waals surface area contributed by atoms with Gasteiger partial charge in [-0.25, -0.2) is 4.79 Å². The van der Waals surface area contributed by atoms with Gasteiger partial charge in [0.05, 0.1) is 6.54 Å². The molecule has 5 heteroatoms. The lowest BCUT2D eigenvalue weighted by molar-refractivity contribution is -0.131. The number of halogens is 1. The second-order valence-electron chi connectivity index (χ2n) is 5.88. The van der Waals surface area contributed by atoms with Crippen LogP contribution in [0.3, 0.4) is 0 Å². The zero-order valence-corrected chi connectivity index (χ0v) is 13.5. The molecule has 1 unspecified atom stereocenters. The van der Waals surface area contributed by atoms with Crippen molar-refractivity contribution in [3.05, 3.63) is 34.3 Å². The highest BCUT2D eigenvalue weighted by atomic mass is 79.9. The molecule has 1 heterocycles. The Balaban J connectivity index is 2.15. The van der Waals surface area contributed by atoms with E-state index in [0.29, 0.717) is 18.9 Å². The molecule has 1 aromatic carbocycles. The van der Waals surface area contributed by atoms with Crippen LogP contribution >= 0.6 is 15.9 Å². The Bertz CT molecular complexity index is 527. The molecule has 0 saturated carbocycles. The van der Waals surface area contributed by atoms with E-state index in [1.807, 2.05) is 38.1 Å². The summed E-state index contributed by atoms with van der Waals surface area (Å²) >= 11 is 3.37. The standard InChI is InChI=1S/C15H19BrN2O2/c1-10(2)8-15(3)13(19)18(14(20)17-15)9-11-4-6-12(16)7-5-11/h4-7,10H,8-9H2,1-3H3,(H,17,20). The van der Waals surface area contributed by atoms with Crippen molar-refractivity contribution >= 4 is 27.9 Å². The highest BCUT2D eigenvalue weighted by Gasteiger charge is 2.47. The molecule has 1 aliphatic heterocycles. The van der Waals surface area contributed by atoms with E-state index in [4.69, 9.17) is 0 Å². The van der Waals surface area contributed by atoms with Gasteiger partial charge in [-0.3, -0.25) is 9.69 Å². The Hall–Kier alpha value is -1.36. The number of nitrogens with zero attached hydrogens (tertiary/aromatic N) is 1. The van der Waals surface area contributed by atoms with Crippen molar-refractivity contribution in [2.45, 2.75) is 39.3 Å². The van der Waals surface area contributed by atoms with Crippen LogP contribution in [0.5, 0.6) is 0 Å². The Morgan fingerprint density at radius 3 is 2.40 bits per heavy atom. The molecule has 1 atom stereocenters. The van der Waals surface area contributed by atoms with Crippen molar-refractivity contribution in [1.29, 1.82) is 0 Å². The molecule has 1 N–H and O–H groups in total. The fourth-order valence-electron chi connectivity index (χ4n) is 2.62. The van der Waals surface area contributed by atoms with Gasteiger partial charge in [0.25, 0.3) is 5.91 Å². The summed E-state index contributed by atoms with van der Waals surface area (Å²) in [7, 11) is 0. The SMILES string of the molecule is CC(C)CC1(C)NC(=O)N(Cc2ccc(Br)cc2)C1=O. The predicted molar refractivity (Wildman–Crippen MR) is 81.1 cm³/mol. The summed E-state index contributed by atoms with van der Waals surface area (Å²) in [4.78, 5) is 25.8. The van der Waals surface area contributed by atoms with E-state index in [2.05, 4.69) is 21.2 Å². The number of carbonyl (C=O) groups is 2. The maximum Gasteiger partial charge on any atom is 0.325 e. The number of urea groups is 1. The molecule has 0 spiro atoms. The van der Waals surface area contributed by atoms with Gasteiger partial charge in [-0.1, -0.05) is 41.9 Å². The molecule has 4 nitrogen and oxygen atoms in total. The van der Waals surface area contributed by atoms with Crippen molar-refractivity contribution in [2.75, 3.05) is 0 Å². The maximum absolute atomic E-state index is 12.5. The summed E-state index contributed by atoms with van der Waals surface area (Å²) in [6, 6.07) is 7.31. The molecule has 3 amide bonds. The highest BCUT2D eigenvalue weighted by Crippen LogP contribution is 2.26. The summed E-state index contributed by atoms with van der Waals surface area (Å²) in [6.07, 6.45) is 0.647. The van der Waals surface area contributed by atoms with Crippen LogP contribution in [0.1, 0.15) is 32.8 Å². The molecule has 0 aromatic heterocycles. The molecular weight excluding hydrogens is 320 g/mol. The molecule has 0 radical (unpaired) electrons. The second kappa shape index (κ2) is 5.56. The van der Waals surface area contributed by atoms with Gasteiger partial charge in [0.2, 0.25) is 0 Å². The van der Waals surface area contributed by atoms with Gasteiger partial charge in [0, 0.05) is 4.47 Å². The molecule has 108 valence electrons. The summed E-state index contributed by atoms with van der Waals surface area (Å²) < 4.78 is 0.975. The first kappa shape index (κ1) is 15.0. The van der Waals surface area contributed by atoms with Crippen LogP contribution in [0.4, 0.5) is 4.79 Å². The molecular formula is C15H19BrN2O2. The quantitative estimate of drug-likeness (QED) is 0.856. The molecule has 0 bridgehead atoms. The van der Waals surface area contributed by atoms with Gasteiger partial charge in [0.15, 0.2) is 0 Å². The summed E-state index contributed by atoms with van der Waals surface area (Å²) in [5.74, 6) is 0.205. The average Bonchev–Trinajstić information content (AvgIpc) is 2.54. The van der Waals surface area contributed by atoms with E-state index >= 15 is 0 Å². The summed E-state index contributed by atoms with van der Waals surface area (Å²) in [5, 5.41) is 2.82. The summed E-state index contributed by atoms with van der Waals surface area (Å²) in [6.45, 7) is 6.20. The van der Waals surface area contributed by atoms with Crippen LogP contribution in [-0.2, 0) is 11.3 Å². The molecule has 1 saturated heterocycles. The average molecular weight is 339 g/mol. The fourth-order valence-corrected chi connectivity index (χ4v) is 2.88. The molecule has 1 aliphatic rings. The van der Waals surface area contributed by atoms with Crippen molar-refractivity contribution in [3.8, 4) is 0 Å². The zero-order chi connectivity index (χ0) is 14.9. The Morgan fingerprint density at radius 1 is 1.25 bits per heavy atom. The molecule has 2 rings (SSSR count). The van der Waals surface area contributed by atoms with Crippen LogP contribution < -0.4 is 5.32 Å². The number of hydrogen-bond acceptors (Lipinski definition) is 2. The molecule has 20 heavy (non-hydrogen) atoms. The maximum atomic E-state index is 12.5. The fraction of sp³-hybridized carbons (Fsp3) is 0.467. The van der Waals surface area contributed by atoms with Gasteiger partial charge >= 0.3 is 6.03 Å². The first-order valence-electron chi connectivity index (χ1n) is 6.70. The number of imide groups is 1. The first-order chi connectivity index (χ1) is 9.32. The second-order valence-corrected chi connectivity index (χ2v) is 6.79. The van der Waals surface area contributed by atoms with E-state index in [1.54, 1.807) is 6.92 Å². The number of benzene rings is 1. The van der Waals surface area contributed by atoms with Crippen LogP contribution in [-0.4, -0.2) is 22.4 Å². The Kier molecular flexibility index (Phi) is 4.18. The minimum absolute atomic E-state index is 0.140. The van der Waals surface area contributed by atoms with E-state index in [1.165, 1.54) is 4.90 Å². The number of carbonyl (C=O) groups excluding carboxylic acids is 2. The van der Waals surface area contributed by atoms with Gasteiger partial charge in [-0.15, -0.1) is 0 Å². The van der Waals surface area contributed by atoms with Crippen LogP contribution in [0, 0.1) is 5.92 Å². The minimum Gasteiger partial charge on any atom is -0.323 e. The Labute approximate surface area is 127 Å². The van der Waals surface area contributed by atoms with E-state index in [0.717, 1.165) is 10.0 Å². The molecule has 1 fully saturated rings. The lowest BCUT2D eigenvalue weighted by Crippen LogP contribution is -2.44. The van der Waals surface area contributed by atoms with Crippen LogP contribution in [0.25, 0.3) is 0 Å². The number of rotatable bonds is 4. The third-order valence-corrected chi connectivity index (χ3v) is 3.94. The highest BCUT2D eigenvalue weighted by molar-refractivity contribution is 9.10. The van der Waals surface area contributed by atoms with Gasteiger partial charge in [-0.2, -0.15) is 0 Å². The zero-order valence-electron chi connectivity index (χ0n) is 11.9. The monoisotopic (exact) mass is 338 g/mol. The topological polar surface area (TPSA) is 49.4 Å². The lowest BCUT2D eigenvalue weighted by Gasteiger charge is -2.23. The van der Waals surface area contributed by atoms with E-state index < -0.39 is 5.54 Å². The molecule has 0 aliphatic carbocycles. The smallest absolute Gasteiger partial charge is 0.323 e. The predicted octanol–water partition coefficient (Wildman–Crippen LogP) is 3.31. The normalized spacial score (nSPS) is 22.6. The minimum atomic E-state index is -0.777. The number of hydrogen-bond donors (Lipinski definition) is 1. The van der Waals surface area contributed by atoms with Crippen molar-refractivity contribution in [2.24, 2.45) is 5.92 Å². The van der Waals surface area contributed by atoms with Gasteiger partial charge in [0.1, 0.15) is 5.54 Å². The Morgan fingerprint density at radius 2 is 1.85 bits per heavy atom. The van der Waals surface area contributed by atoms with E-state index in [9.17, 15) is 9.59 Å². The lowest BCUT2D eigenvalue weighted by atomic mass is 9.91. The van der Waals surface area contributed by atoms with Crippen molar-refractivity contribution in [3.63, 3.8) is 0 Å². The van der Waals surface area contributed by atoms with Crippen molar-refractivity contribution in [1.82, 2.24) is 10.2 Å². The van der Waals surface area contributed by atoms with Gasteiger partial charge in [-0.05, 0) is 37.0 Å². The summed E-state index contributed by atoms with van der Waals surface area (Å²) in [5.41, 5.74) is 0.158. The van der Waals surface area contributed by atoms with E-state index in [-0.39, 0.29) is 11.9 Å². The third kappa shape index (κ3) is 3.03. The third-order valence-electron chi connectivity index (χ3n) is 3.42. The van der Waals surface area contributed by atoms with Crippen LogP contribution in [0.2, 0.25) is 0 Å². The number of nitrogens with one attached hydrogen (secondary N) is 1. The van der Waals surface area contributed by atoms with Gasteiger partial charge < -0.3 is 5.32 Å². The largest absolute Gasteiger partial charge is 0.325 e. The van der Waals surface area contributed by atoms with Crippen LogP contribution in [0.15, 0.2) is 28.7 Å². The first-order valence-corrected chi connectivity index (χ1v) is 7.50. The number of amides is 3.